The Kier molecular flexibility index (Phi) is 10.2. The van der Waals surface area contributed by atoms with Gasteiger partial charge in [0.1, 0.15) is 5.76 Å². The molecule has 6 nitrogen and oxygen atoms in total. The fraction of sp³-hybridized carbons (Fsp3) is 0.360. The predicted molar refractivity (Wildman–Crippen MR) is 139 cm³/mol. The summed E-state index contributed by atoms with van der Waals surface area (Å²) in [5.74, 6) is 2.22. The Balaban J connectivity index is 0.00000363. The normalized spacial score (nSPS) is 11.7. The molecule has 0 spiro atoms. The molecule has 7 heteroatoms. The molecule has 1 heterocycles. The highest BCUT2D eigenvalue weighted by molar-refractivity contribution is 14.0. The van der Waals surface area contributed by atoms with E-state index in [1.54, 1.807) is 13.2 Å². The average molecular weight is 548 g/mol. The third-order valence-corrected chi connectivity index (χ3v) is 4.79. The van der Waals surface area contributed by atoms with Gasteiger partial charge in [-0.25, -0.2) is 4.98 Å². The molecule has 3 aromatic rings. The highest BCUT2D eigenvalue weighted by Gasteiger charge is 2.19. The number of oxazole rings is 1. The van der Waals surface area contributed by atoms with Crippen LogP contribution >= 0.6 is 24.0 Å². The number of guanidine groups is 1. The topological polar surface area (TPSA) is 71.7 Å². The number of halogens is 1. The van der Waals surface area contributed by atoms with E-state index in [-0.39, 0.29) is 29.4 Å². The Morgan fingerprint density at radius 1 is 0.906 bits per heavy atom. The van der Waals surface area contributed by atoms with E-state index >= 15 is 0 Å². The van der Waals surface area contributed by atoms with Crippen molar-refractivity contribution in [3.05, 3.63) is 89.1 Å². The first-order valence-corrected chi connectivity index (χ1v) is 10.5. The zero-order valence-corrected chi connectivity index (χ0v) is 21.6. The molecule has 0 aliphatic carbocycles. The van der Waals surface area contributed by atoms with Crippen molar-refractivity contribution in [1.82, 2.24) is 15.6 Å². The lowest BCUT2D eigenvalue weighted by Crippen LogP contribution is -2.36. The van der Waals surface area contributed by atoms with E-state index in [4.69, 9.17) is 9.15 Å². The Hall–Kier alpha value is -2.39. The highest BCUT2D eigenvalue weighted by Crippen LogP contribution is 2.22. The largest absolute Gasteiger partial charge is 0.443 e. The summed E-state index contributed by atoms with van der Waals surface area (Å²) in [6, 6.07) is 18.6. The van der Waals surface area contributed by atoms with Gasteiger partial charge in [0.15, 0.2) is 5.96 Å². The standard InChI is InChI=1S/C25H32N4O2.HI/c1-25(2,3)22-15-27-23(31-22)16-29-24(26-4)28-14-19-10-12-21(13-11-19)18-30-17-20-8-6-5-7-9-20;/h5-13,15H,14,16-18H2,1-4H3,(H2,26,28,29);1H. The van der Waals surface area contributed by atoms with Gasteiger partial charge in [-0.3, -0.25) is 4.99 Å². The molecule has 0 unspecified atom stereocenters. The Labute approximate surface area is 207 Å². The molecule has 172 valence electrons. The van der Waals surface area contributed by atoms with Gasteiger partial charge in [0.2, 0.25) is 5.89 Å². The molecular formula is C25H33IN4O2. The third-order valence-electron chi connectivity index (χ3n) is 4.79. The summed E-state index contributed by atoms with van der Waals surface area (Å²) in [6.45, 7) is 8.67. The van der Waals surface area contributed by atoms with Crippen LogP contribution in [0.5, 0.6) is 0 Å². The first-order chi connectivity index (χ1) is 14.9. The van der Waals surface area contributed by atoms with Crippen molar-refractivity contribution in [3.8, 4) is 0 Å². The van der Waals surface area contributed by atoms with Crippen molar-refractivity contribution in [1.29, 1.82) is 0 Å². The van der Waals surface area contributed by atoms with E-state index in [2.05, 4.69) is 77.8 Å². The van der Waals surface area contributed by atoms with Crippen LogP contribution in [-0.2, 0) is 36.5 Å². The van der Waals surface area contributed by atoms with Gasteiger partial charge in [-0.15, -0.1) is 24.0 Å². The Morgan fingerprint density at radius 2 is 1.50 bits per heavy atom. The Morgan fingerprint density at radius 3 is 2.09 bits per heavy atom. The zero-order valence-electron chi connectivity index (χ0n) is 19.2. The first-order valence-electron chi connectivity index (χ1n) is 10.5. The van der Waals surface area contributed by atoms with Gasteiger partial charge in [-0.2, -0.15) is 0 Å². The number of rotatable bonds is 8. The number of aliphatic imine (C=N–C) groups is 1. The van der Waals surface area contributed by atoms with E-state index in [0.717, 1.165) is 11.3 Å². The smallest absolute Gasteiger partial charge is 0.213 e. The second-order valence-corrected chi connectivity index (χ2v) is 8.44. The SMILES string of the molecule is CN=C(NCc1ccc(COCc2ccccc2)cc1)NCc1ncc(C(C)(C)C)o1.I. The summed E-state index contributed by atoms with van der Waals surface area (Å²) in [4.78, 5) is 8.60. The van der Waals surface area contributed by atoms with Crippen molar-refractivity contribution in [2.45, 2.75) is 52.5 Å². The molecule has 0 aliphatic rings. The van der Waals surface area contributed by atoms with Gasteiger partial charge in [-0.05, 0) is 16.7 Å². The lowest BCUT2D eigenvalue weighted by Gasteiger charge is -2.13. The van der Waals surface area contributed by atoms with Gasteiger partial charge < -0.3 is 19.8 Å². The van der Waals surface area contributed by atoms with Crippen molar-refractivity contribution < 1.29 is 9.15 Å². The summed E-state index contributed by atoms with van der Waals surface area (Å²) in [5, 5.41) is 6.55. The molecule has 2 aromatic carbocycles. The quantitative estimate of drug-likeness (QED) is 0.231. The van der Waals surface area contributed by atoms with E-state index in [0.29, 0.717) is 38.2 Å². The maximum atomic E-state index is 5.81. The number of benzene rings is 2. The molecule has 32 heavy (non-hydrogen) atoms. The third kappa shape index (κ3) is 8.27. The van der Waals surface area contributed by atoms with Crippen LogP contribution in [0.2, 0.25) is 0 Å². The van der Waals surface area contributed by atoms with Gasteiger partial charge in [0, 0.05) is 19.0 Å². The van der Waals surface area contributed by atoms with Crippen molar-refractivity contribution in [2.24, 2.45) is 4.99 Å². The van der Waals surface area contributed by atoms with Gasteiger partial charge in [0.25, 0.3) is 0 Å². The highest BCUT2D eigenvalue weighted by atomic mass is 127. The number of nitrogens with zero attached hydrogens (tertiary/aromatic N) is 2. The maximum absolute atomic E-state index is 5.81. The number of nitrogens with one attached hydrogen (secondary N) is 2. The summed E-state index contributed by atoms with van der Waals surface area (Å²) in [5.41, 5.74) is 3.45. The monoisotopic (exact) mass is 548 g/mol. The van der Waals surface area contributed by atoms with E-state index in [1.807, 2.05) is 18.2 Å². The summed E-state index contributed by atoms with van der Waals surface area (Å²) in [7, 11) is 1.75. The molecule has 0 atom stereocenters. The van der Waals surface area contributed by atoms with E-state index < -0.39 is 0 Å². The summed E-state index contributed by atoms with van der Waals surface area (Å²) >= 11 is 0. The molecule has 0 bridgehead atoms. The summed E-state index contributed by atoms with van der Waals surface area (Å²) < 4.78 is 11.6. The van der Waals surface area contributed by atoms with E-state index in [1.165, 1.54) is 11.1 Å². The van der Waals surface area contributed by atoms with Gasteiger partial charge >= 0.3 is 0 Å². The first kappa shape index (κ1) is 25.9. The molecule has 3 rings (SSSR count). The van der Waals surface area contributed by atoms with Crippen LogP contribution < -0.4 is 10.6 Å². The molecule has 0 saturated carbocycles. The Bertz CT molecular complexity index is 964. The van der Waals surface area contributed by atoms with Crippen molar-refractivity contribution >= 4 is 29.9 Å². The molecule has 0 saturated heterocycles. The van der Waals surface area contributed by atoms with Crippen LogP contribution in [0.25, 0.3) is 0 Å². The predicted octanol–water partition coefficient (Wildman–Crippen LogP) is 5.17. The lowest BCUT2D eigenvalue weighted by molar-refractivity contribution is 0.107. The second kappa shape index (κ2) is 12.6. The molecule has 0 aliphatic heterocycles. The van der Waals surface area contributed by atoms with Gasteiger partial charge in [0.05, 0.1) is 26.0 Å². The molecule has 0 fully saturated rings. The number of hydrogen-bond acceptors (Lipinski definition) is 4. The van der Waals surface area contributed by atoms with Crippen LogP contribution in [0.15, 0.2) is 70.2 Å². The van der Waals surface area contributed by atoms with Crippen LogP contribution in [0, 0.1) is 0 Å². The van der Waals surface area contributed by atoms with Crippen LogP contribution in [0.3, 0.4) is 0 Å². The lowest BCUT2D eigenvalue weighted by atomic mass is 9.94. The number of ether oxygens (including phenoxy) is 1. The summed E-state index contributed by atoms with van der Waals surface area (Å²) in [6.07, 6.45) is 1.79. The molecule has 0 radical (unpaired) electrons. The van der Waals surface area contributed by atoms with Crippen LogP contribution in [-0.4, -0.2) is 18.0 Å². The number of aromatic nitrogens is 1. The minimum atomic E-state index is -0.0517. The van der Waals surface area contributed by atoms with Crippen molar-refractivity contribution in [2.75, 3.05) is 7.05 Å². The van der Waals surface area contributed by atoms with Crippen LogP contribution in [0.1, 0.15) is 49.1 Å². The van der Waals surface area contributed by atoms with Gasteiger partial charge in [-0.1, -0.05) is 75.4 Å². The molecule has 2 N–H and O–H groups in total. The maximum Gasteiger partial charge on any atom is 0.213 e. The van der Waals surface area contributed by atoms with Crippen LogP contribution in [0.4, 0.5) is 0 Å². The fourth-order valence-electron chi connectivity index (χ4n) is 2.92. The average Bonchev–Trinajstić information content (AvgIpc) is 3.25. The van der Waals surface area contributed by atoms with Crippen molar-refractivity contribution in [3.63, 3.8) is 0 Å². The zero-order chi connectivity index (χ0) is 22.1. The molecular weight excluding hydrogens is 515 g/mol. The van der Waals surface area contributed by atoms with E-state index in [9.17, 15) is 0 Å². The number of hydrogen-bond donors (Lipinski definition) is 2. The molecule has 1 aromatic heterocycles. The fourth-order valence-corrected chi connectivity index (χ4v) is 2.92. The minimum absolute atomic E-state index is 0. The molecule has 0 amide bonds. The minimum Gasteiger partial charge on any atom is -0.443 e. The second-order valence-electron chi connectivity index (χ2n) is 8.44.